The van der Waals surface area contributed by atoms with Crippen molar-refractivity contribution in [3.05, 3.63) is 47.9 Å². The summed E-state index contributed by atoms with van der Waals surface area (Å²) in [7, 11) is 0. The molecule has 3 nitrogen and oxygen atoms in total. The smallest absolute Gasteiger partial charge is 0.258 e. The highest BCUT2D eigenvalue weighted by molar-refractivity contribution is 7.81. The third-order valence-corrected chi connectivity index (χ3v) is 4.54. The van der Waals surface area contributed by atoms with E-state index >= 15 is 0 Å². The molecule has 0 amide bonds. The lowest BCUT2D eigenvalue weighted by Crippen LogP contribution is -1.91. The highest BCUT2D eigenvalue weighted by Gasteiger charge is 2.20. The predicted molar refractivity (Wildman–Crippen MR) is 80.7 cm³/mol. The average Bonchev–Trinajstić information content (AvgIpc) is 2.54. The van der Waals surface area contributed by atoms with Crippen LogP contribution in [0.15, 0.2) is 29.2 Å². The SMILES string of the molecule is O=[N+]([O-])c1ccccc1-c1c(S)c(=S)c(=S)c1=S. The minimum absolute atomic E-state index is 0.0334. The van der Waals surface area contributed by atoms with E-state index in [0.29, 0.717) is 29.6 Å². The Morgan fingerprint density at radius 1 is 1.06 bits per heavy atom. The van der Waals surface area contributed by atoms with Gasteiger partial charge >= 0.3 is 0 Å². The quantitative estimate of drug-likeness (QED) is 0.379. The van der Waals surface area contributed by atoms with E-state index in [9.17, 15) is 10.1 Å². The topological polar surface area (TPSA) is 43.1 Å². The second-order valence-electron chi connectivity index (χ2n) is 3.49. The van der Waals surface area contributed by atoms with Crippen LogP contribution < -0.4 is 0 Å². The molecule has 18 heavy (non-hydrogen) atoms. The first-order valence-electron chi connectivity index (χ1n) is 4.75. The molecule has 0 atom stereocenters. The van der Waals surface area contributed by atoms with Crippen LogP contribution >= 0.6 is 49.3 Å². The van der Waals surface area contributed by atoms with Crippen molar-refractivity contribution in [1.82, 2.24) is 0 Å². The summed E-state index contributed by atoms with van der Waals surface area (Å²) in [5.41, 5.74) is 0.851. The standard InChI is InChI=1S/C11H5NO2S4/c13-12(14)6-4-2-1-3-5(6)7-8(15)10(17)11(18)9(7)16/h1-4,15H. The zero-order chi connectivity index (χ0) is 13.4. The van der Waals surface area contributed by atoms with Gasteiger partial charge in [-0.3, -0.25) is 10.1 Å². The van der Waals surface area contributed by atoms with Crippen LogP contribution in [0.3, 0.4) is 0 Å². The molecule has 2 rings (SSSR count). The fourth-order valence-electron chi connectivity index (χ4n) is 1.64. The summed E-state index contributed by atoms with van der Waals surface area (Å²) < 4.78 is 1.10. The van der Waals surface area contributed by atoms with Gasteiger partial charge in [0, 0.05) is 16.5 Å². The minimum Gasteiger partial charge on any atom is -0.258 e. The average molecular weight is 311 g/mol. The summed E-state index contributed by atoms with van der Waals surface area (Å²) in [6, 6.07) is 6.32. The Bertz CT molecular complexity index is 790. The number of thiol groups is 1. The lowest BCUT2D eigenvalue weighted by Gasteiger charge is -2.01. The number of para-hydroxylation sites is 1. The van der Waals surface area contributed by atoms with E-state index < -0.39 is 4.92 Å². The van der Waals surface area contributed by atoms with Crippen LogP contribution in [-0.4, -0.2) is 4.92 Å². The van der Waals surface area contributed by atoms with Crippen LogP contribution in [0.4, 0.5) is 5.69 Å². The number of rotatable bonds is 2. The van der Waals surface area contributed by atoms with E-state index in [0.717, 1.165) is 0 Å². The van der Waals surface area contributed by atoms with Gasteiger partial charge < -0.3 is 0 Å². The van der Waals surface area contributed by atoms with Crippen LogP contribution in [0.1, 0.15) is 0 Å². The van der Waals surface area contributed by atoms with Crippen molar-refractivity contribution < 1.29 is 4.92 Å². The number of benzene rings is 1. The summed E-state index contributed by atoms with van der Waals surface area (Å²) in [4.78, 5) is 11.0. The monoisotopic (exact) mass is 311 g/mol. The summed E-state index contributed by atoms with van der Waals surface area (Å²) in [5.74, 6) is 0. The summed E-state index contributed by atoms with van der Waals surface area (Å²) in [6.07, 6.45) is 0. The van der Waals surface area contributed by atoms with Gasteiger partial charge in [-0.1, -0.05) is 48.8 Å². The molecule has 0 saturated carbocycles. The van der Waals surface area contributed by atoms with Crippen molar-refractivity contribution >= 4 is 55.0 Å². The van der Waals surface area contributed by atoms with Crippen LogP contribution in [0.5, 0.6) is 0 Å². The first kappa shape index (κ1) is 13.4. The Morgan fingerprint density at radius 3 is 2.17 bits per heavy atom. The molecule has 90 valence electrons. The zero-order valence-electron chi connectivity index (χ0n) is 8.75. The van der Waals surface area contributed by atoms with Gasteiger partial charge in [0.05, 0.1) is 24.0 Å². The summed E-state index contributed by atoms with van der Waals surface area (Å²) in [5, 5.41) is 11.0. The number of nitro benzene ring substituents is 1. The highest BCUT2D eigenvalue weighted by atomic mass is 32.1. The molecule has 0 aromatic heterocycles. The number of nitrogens with zero attached hydrogens (tertiary/aromatic N) is 1. The highest BCUT2D eigenvalue weighted by Crippen LogP contribution is 2.37. The fraction of sp³-hybridized carbons (Fsp3) is 0. The lowest BCUT2D eigenvalue weighted by molar-refractivity contribution is -0.384. The third-order valence-electron chi connectivity index (χ3n) is 2.46. The van der Waals surface area contributed by atoms with Gasteiger partial charge in [-0.25, -0.2) is 0 Å². The largest absolute Gasteiger partial charge is 0.277 e. The number of hydrogen-bond donors (Lipinski definition) is 1. The van der Waals surface area contributed by atoms with E-state index in [1.165, 1.54) is 6.07 Å². The molecule has 0 saturated heterocycles. The van der Waals surface area contributed by atoms with Crippen molar-refractivity contribution in [2.75, 3.05) is 0 Å². The molecule has 0 heterocycles. The zero-order valence-corrected chi connectivity index (χ0v) is 12.1. The maximum Gasteiger partial charge on any atom is 0.277 e. The molecular weight excluding hydrogens is 306 g/mol. The first-order valence-corrected chi connectivity index (χ1v) is 6.42. The fourth-order valence-corrected chi connectivity index (χ4v) is 2.92. The Labute approximate surface area is 123 Å². The molecule has 2 aromatic carbocycles. The van der Waals surface area contributed by atoms with Crippen LogP contribution in [0, 0.1) is 23.6 Å². The lowest BCUT2D eigenvalue weighted by atomic mass is 10.1. The van der Waals surface area contributed by atoms with E-state index in [4.69, 9.17) is 36.7 Å². The number of nitro groups is 1. The van der Waals surface area contributed by atoms with Gasteiger partial charge in [-0.05, 0) is 6.07 Å². The maximum atomic E-state index is 11.0. The predicted octanol–water partition coefficient (Wildman–Crippen LogP) is 4.61. The normalized spacial score (nSPS) is 10.5. The maximum absolute atomic E-state index is 11.0. The second-order valence-corrected chi connectivity index (χ2v) is 5.16. The summed E-state index contributed by atoms with van der Waals surface area (Å²) >= 11 is 19.6. The van der Waals surface area contributed by atoms with Gasteiger partial charge in [0.2, 0.25) is 0 Å². The minimum atomic E-state index is -0.462. The molecule has 0 bridgehead atoms. The Hall–Kier alpha value is -1.02. The summed E-state index contributed by atoms with van der Waals surface area (Å²) in [6.45, 7) is 0. The Morgan fingerprint density at radius 2 is 1.67 bits per heavy atom. The second kappa shape index (κ2) is 4.93. The van der Waals surface area contributed by atoms with E-state index in [1.54, 1.807) is 18.2 Å². The van der Waals surface area contributed by atoms with Crippen molar-refractivity contribution in [3.8, 4) is 11.1 Å². The molecular formula is C11H5NO2S4. The van der Waals surface area contributed by atoms with Crippen molar-refractivity contribution in [1.29, 1.82) is 0 Å². The van der Waals surface area contributed by atoms with Gasteiger partial charge in [-0.2, -0.15) is 0 Å². The molecule has 0 spiro atoms. The van der Waals surface area contributed by atoms with E-state index in [1.807, 2.05) is 0 Å². The van der Waals surface area contributed by atoms with Gasteiger partial charge in [-0.15, -0.1) is 12.6 Å². The van der Waals surface area contributed by atoms with Crippen molar-refractivity contribution in [2.24, 2.45) is 0 Å². The Balaban J connectivity index is 2.91. The molecule has 0 radical (unpaired) electrons. The van der Waals surface area contributed by atoms with Crippen molar-refractivity contribution in [3.63, 3.8) is 0 Å². The van der Waals surface area contributed by atoms with Crippen LogP contribution in [0.25, 0.3) is 11.1 Å². The molecule has 0 fully saturated rings. The molecule has 0 aliphatic heterocycles. The first-order chi connectivity index (χ1) is 8.45. The molecule has 0 aliphatic rings. The molecule has 0 unspecified atom stereocenters. The Kier molecular flexibility index (Phi) is 3.67. The third kappa shape index (κ3) is 2.03. The van der Waals surface area contributed by atoms with Gasteiger partial charge in [0.1, 0.15) is 0 Å². The van der Waals surface area contributed by atoms with Crippen LogP contribution in [-0.2, 0) is 0 Å². The van der Waals surface area contributed by atoms with Gasteiger partial charge in [0.25, 0.3) is 5.69 Å². The van der Waals surface area contributed by atoms with Crippen LogP contribution in [0.2, 0.25) is 0 Å². The molecule has 0 aliphatic carbocycles. The molecule has 0 N–H and O–H groups in total. The number of hydrogen-bond acceptors (Lipinski definition) is 6. The van der Waals surface area contributed by atoms with Crippen molar-refractivity contribution in [2.45, 2.75) is 4.90 Å². The molecule has 2 aromatic rings. The van der Waals surface area contributed by atoms with E-state index in [-0.39, 0.29) is 5.69 Å². The van der Waals surface area contributed by atoms with E-state index in [2.05, 4.69) is 12.6 Å². The van der Waals surface area contributed by atoms with Gasteiger partial charge in [0.15, 0.2) is 0 Å². The molecule has 7 heteroatoms.